The molecule has 0 unspecified atom stereocenters. The lowest BCUT2D eigenvalue weighted by Gasteiger charge is -2.52. The van der Waals surface area contributed by atoms with Gasteiger partial charge in [0.1, 0.15) is 0 Å². The van der Waals surface area contributed by atoms with Crippen LogP contribution in [0.5, 0.6) is 11.5 Å². The van der Waals surface area contributed by atoms with Crippen molar-refractivity contribution in [2.45, 2.75) is 64.1 Å². The second-order valence-corrected chi connectivity index (χ2v) is 8.51. The van der Waals surface area contributed by atoms with Crippen LogP contribution in [0.3, 0.4) is 0 Å². The highest BCUT2D eigenvalue weighted by Gasteiger charge is 2.63. The van der Waals surface area contributed by atoms with E-state index in [1.807, 2.05) is 12.1 Å². The smallest absolute Gasteiger partial charge is 0.305 e. The monoisotopic (exact) mass is 360 g/mol. The molecule has 0 aliphatic heterocycles. The fraction of sp³-hybridized carbons (Fsp3) is 0.667. The maximum Gasteiger partial charge on any atom is 0.305 e. The van der Waals surface area contributed by atoms with Crippen molar-refractivity contribution in [1.82, 2.24) is 0 Å². The number of hydrogen-bond donors (Lipinski definition) is 2. The molecular weight excluding hydrogens is 332 g/mol. The lowest BCUT2D eigenvalue weighted by molar-refractivity contribution is -0.259. The summed E-state index contributed by atoms with van der Waals surface area (Å²) in [5.41, 5.74) is 2.10. The second-order valence-electron chi connectivity index (χ2n) is 8.51. The zero-order valence-corrected chi connectivity index (χ0v) is 15.7. The van der Waals surface area contributed by atoms with E-state index in [2.05, 4.69) is 6.92 Å². The summed E-state index contributed by atoms with van der Waals surface area (Å²) < 4.78 is 10.8. The van der Waals surface area contributed by atoms with Gasteiger partial charge in [-0.25, -0.2) is 0 Å². The zero-order chi connectivity index (χ0) is 18.7. The molecule has 0 amide bonds. The third-order valence-corrected chi connectivity index (χ3v) is 7.41. The average Bonchev–Trinajstić information content (AvgIpc) is 2.84. The molecule has 0 radical (unpaired) electrons. The Morgan fingerprint density at radius 2 is 2.00 bits per heavy atom. The van der Waals surface area contributed by atoms with Gasteiger partial charge in [-0.1, -0.05) is 6.92 Å². The number of carbonyl (C=O) groups excluding carboxylic acids is 1. The summed E-state index contributed by atoms with van der Waals surface area (Å²) in [4.78, 5) is 11.6. The Labute approximate surface area is 154 Å². The van der Waals surface area contributed by atoms with Crippen LogP contribution < -0.4 is 4.74 Å². The van der Waals surface area contributed by atoms with E-state index in [-0.39, 0.29) is 5.75 Å². The minimum absolute atomic E-state index is 0.204. The van der Waals surface area contributed by atoms with E-state index < -0.39 is 17.2 Å². The number of benzene rings is 1. The molecule has 0 heterocycles. The number of phenols is 1. The Bertz CT molecular complexity index is 744. The van der Waals surface area contributed by atoms with Crippen LogP contribution in [0, 0.1) is 17.3 Å². The molecule has 0 aromatic heterocycles. The van der Waals surface area contributed by atoms with Gasteiger partial charge in [-0.05, 0) is 73.1 Å². The molecule has 0 saturated heterocycles. The molecule has 142 valence electrons. The molecule has 5 atom stereocenters. The maximum absolute atomic E-state index is 11.6. The van der Waals surface area contributed by atoms with Gasteiger partial charge in [0.05, 0.1) is 7.11 Å². The molecule has 2 N–H and O–H groups in total. The summed E-state index contributed by atoms with van der Waals surface area (Å²) in [6.07, 6.45) is 5.13. The van der Waals surface area contributed by atoms with E-state index in [0.717, 1.165) is 32.1 Å². The molecular formula is C21H28O5. The minimum atomic E-state index is -1.35. The number of esters is 1. The van der Waals surface area contributed by atoms with E-state index >= 15 is 0 Å². The van der Waals surface area contributed by atoms with Gasteiger partial charge < -0.3 is 19.7 Å². The van der Waals surface area contributed by atoms with E-state index in [0.29, 0.717) is 29.9 Å². The van der Waals surface area contributed by atoms with Crippen LogP contribution >= 0.6 is 0 Å². The third kappa shape index (κ3) is 2.36. The van der Waals surface area contributed by atoms with E-state index in [1.165, 1.54) is 18.1 Å². The van der Waals surface area contributed by atoms with Crippen LogP contribution in [0.15, 0.2) is 12.1 Å². The molecule has 5 heteroatoms. The van der Waals surface area contributed by atoms with E-state index in [1.54, 1.807) is 7.11 Å². The SMILES string of the molecule is COc1cc2c(cc1O)CC[C@@H]1[C@@H]2CC[C@@]2(C)[C@H]1CC[C@]2(O)OC(C)=O. The number of carbonyl (C=O) groups is 1. The Balaban J connectivity index is 1.68. The van der Waals surface area contributed by atoms with Crippen LogP contribution in [-0.4, -0.2) is 29.1 Å². The predicted octanol–water partition coefficient (Wildman–Crippen LogP) is 3.51. The summed E-state index contributed by atoms with van der Waals surface area (Å²) in [7, 11) is 1.58. The molecule has 1 aromatic carbocycles. The molecule has 3 aliphatic rings. The van der Waals surface area contributed by atoms with Gasteiger partial charge in [0.2, 0.25) is 5.79 Å². The number of methoxy groups -OCH3 is 1. The highest BCUT2D eigenvalue weighted by atomic mass is 16.7. The number of ether oxygens (including phenoxy) is 2. The summed E-state index contributed by atoms with van der Waals surface area (Å²) in [5, 5.41) is 21.2. The number of fused-ring (bicyclic) bond motifs is 5. The molecule has 0 bridgehead atoms. The van der Waals surface area contributed by atoms with Gasteiger partial charge >= 0.3 is 5.97 Å². The van der Waals surface area contributed by atoms with Crippen LogP contribution in [-0.2, 0) is 16.0 Å². The van der Waals surface area contributed by atoms with Crippen LogP contribution in [0.2, 0.25) is 0 Å². The lowest BCUT2D eigenvalue weighted by atomic mass is 9.55. The third-order valence-electron chi connectivity index (χ3n) is 7.41. The van der Waals surface area contributed by atoms with Crippen LogP contribution in [0.4, 0.5) is 0 Å². The van der Waals surface area contributed by atoms with Crippen molar-refractivity contribution in [3.8, 4) is 11.5 Å². The topological polar surface area (TPSA) is 76.0 Å². The zero-order valence-electron chi connectivity index (χ0n) is 15.7. The first-order valence-corrected chi connectivity index (χ1v) is 9.61. The number of aryl methyl sites for hydroxylation is 1. The normalized spacial score (nSPS) is 38.1. The minimum Gasteiger partial charge on any atom is -0.504 e. The number of rotatable bonds is 2. The quantitative estimate of drug-likeness (QED) is 0.623. The Morgan fingerprint density at radius 3 is 2.69 bits per heavy atom. The van der Waals surface area contributed by atoms with E-state index in [9.17, 15) is 15.0 Å². The highest BCUT2D eigenvalue weighted by Crippen LogP contribution is 2.64. The fourth-order valence-electron chi connectivity index (χ4n) is 6.13. The Hall–Kier alpha value is -1.75. The summed E-state index contributed by atoms with van der Waals surface area (Å²) in [6.45, 7) is 3.46. The van der Waals surface area contributed by atoms with Crippen molar-refractivity contribution >= 4 is 5.97 Å². The van der Waals surface area contributed by atoms with Crippen molar-refractivity contribution < 1.29 is 24.5 Å². The van der Waals surface area contributed by atoms with Gasteiger partial charge in [0, 0.05) is 18.8 Å². The second kappa shape index (κ2) is 5.88. The van der Waals surface area contributed by atoms with Crippen molar-refractivity contribution in [2.75, 3.05) is 7.11 Å². The fourth-order valence-corrected chi connectivity index (χ4v) is 6.13. The van der Waals surface area contributed by atoms with E-state index in [4.69, 9.17) is 9.47 Å². The number of phenolic OH excluding ortho intramolecular Hbond substituents is 1. The Kier molecular flexibility index (Phi) is 3.99. The standard InChI is InChI=1S/C21H28O5/c1-12(22)26-21(24)9-7-17-15-5-4-13-10-18(23)19(25-3)11-16(13)14(15)6-8-20(17,21)2/h10-11,14-15,17,23-24H,4-9H2,1-3H3/t14-,15+,17-,20-,21-/m0/s1. The first-order valence-electron chi connectivity index (χ1n) is 9.61. The first kappa shape index (κ1) is 17.7. The molecule has 3 aliphatic carbocycles. The largest absolute Gasteiger partial charge is 0.504 e. The molecule has 0 spiro atoms. The molecule has 4 rings (SSSR count). The summed E-state index contributed by atoms with van der Waals surface area (Å²) >= 11 is 0. The van der Waals surface area contributed by atoms with Gasteiger partial charge in [-0.3, -0.25) is 4.79 Å². The van der Waals surface area contributed by atoms with Gasteiger partial charge in [-0.15, -0.1) is 0 Å². The van der Waals surface area contributed by atoms with Crippen molar-refractivity contribution in [3.63, 3.8) is 0 Å². The molecule has 2 saturated carbocycles. The predicted molar refractivity (Wildman–Crippen MR) is 96.0 cm³/mol. The van der Waals surface area contributed by atoms with Crippen LogP contribution in [0.25, 0.3) is 0 Å². The van der Waals surface area contributed by atoms with Gasteiger partial charge in [0.15, 0.2) is 11.5 Å². The number of aliphatic hydroxyl groups is 1. The number of aromatic hydroxyl groups is 1. The number of hydrogen-bond acceptors (Lipinski definition) is 5. The highest BCUT2D eigenvalue weighted by molar-refractivity contribution is 5.66. The average molecular weight is 360 g/mol. The van der Waals surface area contributed by atoms with Gasteiger partial charge in [0.25, 0.3) is 0 Å². The summed E-state index contributed by atoms with van der Waals surface area (Å²) in [6, 6.07) is 3.85. The van der Waals surface area contributed by atoms with Crippen LogP contribution in [0.1, 0.15) is 63.0 Å². The van der Waals surface area contributed by atoms with Crippen molar-refractivity contribution in [3.05, 3.63) is 23.3 Å². The molecule has 5 nitrogen and oxygen atoms in total. The van der Waals surface area contributed by atoms with Crippen molar-refractivity contribution in [2.24, 2.45) is 17.3 Å². The first-order chi connectivity index (χ1) is 12.3. The maximum atomic E-state index is 11.6. The molecule has 26 heavy (non-hydrogen) atoms. The molecule has 2 fully saturated rings. The van der Waals surface area contributed by atoms with Gasteiger partial charge in [-0.2, -0.15) is 0 Å². The Morgan fingerprint density at radius 1 is 1.23 bits per heavy atom. The molecule has 1 aromatic rings. The lowest BCUT2D eigenvalue weighted by Crippen LogP contribution is -2.52. The summed E-state index contributed by atoms with van der Waals surface area (Å²) in [5.74, 6) is 0.174. The van der Waals surface area contributed by atoms with Crippen molar-refractivity contribution in [1.29, 1.82) is 0 Å².